The second kappa shape index (κ2) is 8.53. The number of hydrogen-bond donors (Lipinski definition) is 1. The van der Waals surface area contributed by atoms with Crippen molar-refractivity contribution in [1.29, 1.82) is 0 Å². The molecule has 8 heteroatoms. The summed E-state index contributed by atoms with van der Waals surface area (Å²) in [5, 5.41) is 3.29. The zero-order valence-electron chi connectivity index (χ0n) is 16.3. The van der Waals surface area contributed by atoms with Gasteiger partial charge in [0.25, 0.3) is 5.91 Å². The minimum atomic E-state index is -1.07. The highest BCUT2D eigenvalue weighted by Crippen LogP contribution is 2.30. The molecule has 7 nitrogen and oxygen atoms in total. The van der Waals surface area contributed by atoms with Gasteiger partial charge in [0.2, 0.25) is 5.91 Å². The van der Waals surface area contributed by atoms with Gasteiger partial charge in [-0.2, -0.15) is 0 Å². The third kappa shape index (κ3) is 4.68. The normalized spacial score (nSPS) is 13.9. The second-order valence-electron chi connectivity index (χ2n) is 6.78. The molecule has 1 heterocycles. The Morgan fingerprint density at radius 2 is 1.86 bits per heavy atom. The summed E-state index contributed by atoms with van der Waals surface area (Å²) in [6, 6.07) is 10.4. The molecule has 1 aliphatic rings. The molecule has 0 saturated carbocycles. The van der Waals surface area contributed by atoms with E-state index in [4.69, 9.17) is 21.1 Å². The summed E-state index contributed by atoms with van der Waals surface area (Å²) >= 11 is 5.99. The molecule has 1 N–H and O–H groups in total. The summed E-state index contributed by atoms with van der Waals surface area (Å²) in [5.74, 6) is -0.937. The van der Waals surface area contributed by atoms with Gasteiger partial charge in [0.05, 0.1) is 11.4 Å². The molecule has 2 aromatic carbocycles. The Morgan fingerprint density at radius 1 is 1.21 bits per heavy atom. The maximum atomic E-state index is 12.8. The first kappa shape index (κ1) is 20.7. The number of ether oxygens (including phenoxy) is 2. The number of halogens is 1. The van der Waals surface area contributed by atoms with Crippen LogP contribution in [0.2, 0.25) is 5.02 Å². The van der Waals surface area contributed by atoms with Crippen molar-refractivity contribution >= 4 is 40.8 Å². The van der Waals surface area contributed by atoms with E-state index in [2.05, 4.69) is 5.32 Å². The second-order valence-corrected chi connectivity index (χ2v) is 7.22. The molecule has 3 rings (SSSR count). The van der Waals surface area contributed by atoms with Gasteiger partial charge in [0, 0.05) is 5.02 Å². The van der Waals surface area contributed by atoms with Crippen molar-refractivity contribution in [2.24, 2.45) is 0 Å². The number of anilines is 2. The van der Waals surface area contributed by atoms with Crippen molar-refractivity contribution in [3.05, 3.63) is 52.5 Å². The lowest BCUT2D eigenvalue weighted by Gasteiger charge is -2.30. The Morgan fingerprint density at radius 3 is 2.55 bits per heavy atom. The molecule has 0 bridgehead atoms. The van der Waals surface area contributed by atoms with Crippen LogP contribution in [0.5, 0.6) is 5.75 Å². The maximum absolute atomic E-state index is 12.8. The number of para-hydroxylation sites is 2. The predicted octanol–water partition coefficient (Wildman–Crippen LogP) is 3.25. The van der Waals surface area contributed by atoms with Crippen molar-refractivity contribution < 1.29 is 23.9 Å². The van der Waals surface area contributed by atoms with Gasteiger partial charge in [-0.05, 0) is 56.2 Å². The van der Waals surface area contributed by atoms with Crippen LogP contribution in [0, 0.1) is 13.8 Å². The van der Waals surface area contributed by atoms with E-state index in [1.165, 1.54) is 11.8 Å². The predicted molar refractivity (Wildman–Crippen MR) is 109 cm³/mol. The highest BCUT2D eigenvalue weighted by atomic mass is 35.5. The van der Waals surface area contributed by atoms with Crippen LogP contribution in [0.4, 0.5) is 11.4 Å². The molecule has 0 aliphatic carbocycles. The molecule has 1 atom stereocenters. The van der Waals surface area contributed by atoms with E-state index in [-0.39, 0.29) is 19.1 Å². The fourth-order valence-electron chi connectivity index (χ4n) is 3.19. The van der Waals surface area contributed by atoms with Crippen molar-refractivity contribution in [1.82, 2.24) is 0 Å². The Balaban J connectivity index is 1.63. The third-order valence-corrected chi connectivity index (χ3v) is 4.67. The highest BCUT2D eigenvalue weighted by molar-refractivity contribution is 6.30. The first-order chi connectivity index (χ1) is 13.8. The number of amides is 2. The summed E-state index contributed by atoms with van der Waals surface area (Å²) < 4.78 is 10.8. The van der Waals surface area contributed by atoms with Gasteiger partial charge in [-0.15, -0.1) is 0 Å². The van der Waals surface area contributed by atoms with Crippen LogP contribution in [0.25, 0.3) is 0 Å². The van der Waals surface area contributed by atoms with Crippen LogP contribution in [-0.2, 0) is 19.1 Å². The number of hydrogen-bond acceptors (Lipinski definition) is 5. The number of fused-ring (bicyclic) bond motifs is 1. The van der Waals surface area contributed by atoms with Crippen LogP contribution < -0.4 is 15.0 Å². The largest absolute Gasteiger partial charge is 0.481 e. The zero-order chi connectivity index (χ0) is 21.1. The lowest BCUT2D eigenvalue weighted by atomic mass is 10.1. The molecule has 1 aliphatic heterocycles. The van der Waals surface area contributed by atoms with Crippen molar-refractivity contribution in [3.8, 4) is 5.75 Å². The number of aryl methyl sites for hydroxylation is 2. The van der Waals surface area contributed by atoms with E-state index in [9.17, 15) is 14.4 Å². The lowest BCUT2D eigenvalue weighted by Crippen LogP contribution is -2.47. The minimum absolute atomic E-state index is 0.141. The molecular formula is C21H21ClN2O5. The van der Waals surface area contributed by atoms with Crippen molar-refractivity contribution in [2.45, 2.75) is 26.9 Å². The average Bonchev–Trinajstić information content (AvgIpc) is 2.65. The number of carbonyl (C=O) groups is 3. The average molecular weight is 417 g/mol. The Bertz CT molecular complexity index is 952. The summed E-state index contributed by atoms with van der Waals surface area (Å²) in [4.78, 5) is 38.2. The summed E-state index contributed by atoms with van der Waals surface area (Å²) in [5.41, 5.74) is 2.68. The van der Waals surface area contributed by atoms with E-state index in [0.29, 0.717) is 22.1 Å². The van der Waals surface area contributed by atoms with Gasteiger partial charge in [0.1, 0.15) is 12.3 Å². The fourth-order valence-corrected chi connectivity index (χ4v) is 3.51. The first-order valence-electron chi connectivity index (χ1n) is 9.05. The molecule has 2 aromatic rings. The smallest absolute Gasteiger partial charge is 0.344 e. The van der Waals surface area contributed by atoms with Crippen LogP contribution >= 0.6 is 11.6 Å². The summed E-state index contributed by atoms with van der Waals surface area (Å²) in [6.45, 7) is 4.62. The van der Waals surface area contributed by atoms with E-state index in [1.807, 2.05) is 13.8 Å². The van der Waals surface area contributed by atoms with E-state index >= 15 is 0 Å². The summed E-state index contributed by atoms with van der Waals surface area (Å²) in [7, 11) is 0. The van der Waals surface area contributed by atoms with Crippen LogP contribution in [0.3, 0.4) is 0 Å². The molecule has 2 amide bonds. The van der Waals surface area contributed by atoms with Crippen molar-refractivity contribution in [3.63, 3.8) is 0 Å². The van der Waals surface area contributed by atoms with Gasteiger partial charge >= 0.3 is 5.97 Å². The van der Waals surface area contributed by atoms with Crippen LogP contribution in [0.15, 0.2) is 36.4 Å². The highest BCUT2D eigenvalue weighted by Gasteiger charge is 2.31. The monoisotopic (exact) mass is 416 g/mol. The first-order valence-corrected chi connectivity index (χ1v) is 9.43. The molecule has 0 spiro atoms. The molecule has 29 heavy (non-hydrogen) atoms. The maximum Gasteiger partial charge on any atom is 0.344 e. The Hall–Kier alpha value is -3.06. The topological polar surface area (TPSA) is 84.9 Å². The number of nitrogens with one attached hydrogen (secondary N) is 1. The van der Waals surface area contributed by atoms with Gasteiger partial charge < -0.3 is 14.8 Å². The van der Waals surface area contributed by atoms with Crippen molar-refractivity contribution in [2.75, 3.05) is 23.4 Å². The molecule has 0 fully saturated rings. The van der Waals surface area contributed by atoms with E-state index in [0.717, 1.165) is 11.1 Å². The molecular weight excluding hydrogens is 396 g/mol. The Kier molecular flexibility index (Phi) is 6.08. The third-order valence-electron chi connectivity index (χ3n) is 4.45. The SMILES string of the molecule is Cc1cc(Cl)cc(C)c1OCC(=O)O[C@H](C)C(=O)N1CC(=O)Nc2ccccc21. The van der Waals surface area contributed by atoms with Gasteiger partial charge in [-0.3, -0.25) is 14.5 Å². The van der Waals surface area contributed by atoms with Gasteiger partial charge in [-0.1, -0.05) is 23.7 Å². The number of esters is 1. The summed E-state index contributed by atoms with van der Waals surface area (Å²) in [6.07, 6.45) is -1.07. The molecule has 0 radical (unpaired) electrons. The molecule has 0 unspecified atom stereocenters. The van der Waals surface area contributed by atoms with Crippen LogP contribution in [0.1, 0.15) is 18.1 Å². The molecule has 152 valence electrons. The number of nitrogens with zero attached hydrogens (tertiary/aromatic N) is 1. The van der Waals surface area contributed by atoms with Gasteiger partial charge in [0.15, 0.2) is 12.7 Å². The Labute approximate surface area is 173 Å². The molecule has 0 aromatic heterocycles. The number of carbonyl (C=O) groups excluding carboxylic acids is 3. The van der Waals surface area contributed by atoms with E-state index in [1.54, 1.807) is 36.4 Å². The lowest BCUT2D eigenvalue weighted by molar-refractivity contribution is -0.155. The van der Waals surface area contributed by atoms with Gasteiger partial charge in [-0.25, -0.2) is 4.79 Å². The van der Waals surface area contributed by atoms with E-state index < -0.39 is 18.0 Å². The fraction of sp³-hybridized carbons (Fsp3) is 0.286. The standard InChI is InChI=1S/C21H21ClN2O5/c1-12-8-15(22)9-13(2)20(12)28-11-19(26)29-14(3)21(27)24-10-18(25)23-16-6-4-5-7-17(16)24/h4-9,14H,10-11H2,1-3H3,(H,23,25)/t14-/m1/s1. The zero-order valence-corrected chi connectivity index (χ0v) is 17.1. The quantitative estimate of drug-likeness (QED) is 0.756. The number of rotatable bonds is 5. The minimum Gasteiger partial charge on any atom is -0.481 e. The van der Waals surface area contributed by atoms with Crippen LogP contribution in [-0.4, -0.2) is 37.0 Å². The molecule has 0 saturated heterocycles. The number of benzene rings is 2.